The molecule has 0 aliphatic carbocycles. The van der Waals surface area contributed by atoms with Crippen molar-refractivity contribution in [3.63, 3.8) is 0 Å². The molecule has 0 saturated carbocycles. The Morgan fingerprint density at radius 3 is 2.36 bits per heavy atom. The number of aromatic amines is 1. The second kappa shape index (κ2) is 7.39. The summed E-state index contributed by atoms with van der Waals surface area (Å²) in [4.78, 5) is 2.94. The molecule has 0 fully saturated rings. The lowest BCUT2D eigenvalue weighted by Gasteiger charge is -2.45. The smallest absolute Gasteiger partial charge is 0.195 e. The molecule has 0 amide bonds. The van der Waals surface area contributed by atoms with Gasteiger partial charge in [0.1, 0.15) is 11.9 Å². The Bertz CT molecular complexity index is 794. The summed E-state index contributed by atoms with van der Waals surface area (Å²) < 4.78 is 2.13. The number of aromatic nitrogens is 3. The van der Waals surface area contributed by atoms with Crippen LogP contribution in [0.2, 0.25) is 10.0 Å². The molecule has 2 atom stereocenters. The van der Waals surface area contributed by atoms with Crippen molar-refractivity contribution >= 4 is 35.4 Å². The molecular weight excluding hydrogens is 377 g/mol. The van der Waals surface area contributed by atoms with Gasteiger partial charge in [0.05, 0.1) is 6.10 Å². The second-order valence-corrected chi connectivity index (χ2v) is 9.15. The Kier molecular flexibility index (Phi) is 6.04. The van der Waals surface area contributed by atoms with Crippen LogP contribution in [0.15, 0.2) is 24.5 Å². The van der Waals surface area contributed by atoms with Crippen LogP contribution in [0.5, 0.6) is 0 Å². The lowest BCUT2D eigenvalue weighted by atomic mass is 9.69. The summed E-state index contributed by atoms with van der Waals surface area (Å²) in [6.07, 6.45) is 1.37. The quantitative estimate of drug-likeness (QED) is 0.655. The summed E-state index contributed by atoms with van der Waals surface area (Å²) in [6.45, 7) is 10.2. The Hall–Kier alpha value is -0.880. The zero-order chi connectivity index (χ0) is 19.0. The summed E-state index contributed by atoms with van der Waals surface area (Å²) in [7, 11) is 0. The van der Waals surface area contributed by atoms with Crippen molar-refractivity contribution in [2.75, 3.05) is 0 Å². The standard InChI is InChI=1S/C18H25Cl2N3OS/c1-11(2)9-18(15(24)17(3,4)5,23-16(25)21-10-22-23)13-7-6-12(19)8-14(13)20/h6-8,10-11,15,24H,9H2,1-5H3,(H,21,22,25)/t15-,18-/m1/s1. The van der Waals surface area contributed by atoms with Gasteiger partial charge in [-0.3, -0.25) is 0 Å². The van der Waals surface area contributed by atoms with Crippen LogP contribution in [0.1, 0.15) is 46.6 Å². The molecule has 2 rings (SSSR count). The van der Waals surface area contributed by atoms with Crippen LogP contribution in [-0.4, -0.2) is 26.0 Å². The molecule has 1 aromatic carbocycles. The van der Waals surface area contributed by atoms with Gasteiger partial charge in [-0.2, -0.15) is 5.10 Å². The van der Waals surface area contributed by atoms with Gasteiger partial charge < -0.3 is 10.1 Å². The zero-order valence-corrected chi connectivity index (χ0v) is 17.5. The van der Waals surface area contributed by atoms with E-state index in [2.05, 4.69) is 23.9 Å². The van der Waals surface area contributed by atoms with Crippen LogP contribution in [0, 0.1) is 16.1 Å². The number of nitrogens with zero attached hydrogens (tertiary/aromatic N) is 2. The first-order valence-electron chi connectivity index (χ1n) is 8.27. The molecule has 0 aliphatic heterocycles. The van der Waals surface area contributed by atoms with Crippen molar-refractivity contribution < 1.29 is 5.11 Å². The first-order valence-corrected chi connectivity index (χ1v) is 9.43. The van der Waals surface area contributed by atoms with Crippen molar-refractivity contribution in [3.05, 3.63) is 44.9 Å². The summed E-state index contributed by atoms with van der Waals surface area (Å²) in [5.41, 5.74) is -0.575. The highest BCUT2D eigenvalue weighted by molar-refractivity contribution is 7.71. The molecule has 25 heavy (non-hydrogen) atoms. The number of hydrogen-bond acceptors (Lipinski definition) is 3. The first-order chi connectivity index (χ1) is 11.5. The molecule has 4 nitrogen and oxygen atoms in total. The Balaban J connectivity index is 2.89. The number of halogens is 2. The predicted octanol–water partition coefficient (Wildman–Crippen LogP) is 5.44. The number of aliphatic hydroxyl groups is 1. The van der Waals surface area contributed by atoms with E-state index in [0.29, 0.717) is 21.2 Å². The summed E-state index contributed by atoms with van der Waals surface area (Å²) in [5.74, 6) is 0.266. The van der Waals surface area contributed by atoms with Gasteiger partial charge in [0.25, 0.3) is 0 Å². The topological polar surface area (TPSA) is 53.8 Å². The van der Waals surface area contributed by atoms with Crippen LogP contribution in [0.3, 0.4) is 0 Å². The fraction of sp³-hybridized carbons (Fsp3) is 0.556. The van der Waals surface area contributed by atoms with E-state index < -0.39 is 17.1 Å². The Labute approximate surface area is 164 Å². The van der Waals surface area contributed by atoms with Crippen LogP contribution in [0.25, 0.3) is 0 Å². The van der Waals surface area contributed by atoms with Crippen LogP contribution >= 0.6 is 35.4 Å². The van der Waals surface area contributed by atoms with Crippen molar-refractivity contribution in [2.24, 2.45) is 11.3 Å². The molecule has 0 unspecified atom stereocenters. The molecule has 138 valence electrons. The number of aliphatic hydroxyl groups excluding tert-OH is 1. The minimum absolute atomic E-state index is 0.266. The summed E-state index contributed by atoms with van der Waals surface area (Å²) >= 11 is 18.1. The predicted molar refractivity (Wildman–Crippen MR) is 106 cm³/mol. The maximum atomic E-state index is 11.5. The van der Waals surface area contributed by atoms with E-state index in [0.717, 1.165) is 5.56 Å². The van der Waals surface area contributed by atoms with Gasteiger partial charge in [-0.25, -0.2) is 4.68 Å². The second-order valence-electron chi connectivity index (χ2n) is 7.92. The summed E-state index contributed by atoms with van der Waals surface area (Å²) in [5, 5.41) is 16.9. The van der Waals surface area contributed by atoms with Gasteiger partial charge in [-0.1, -0.05) is 63.9 Å². The van der Waals surface area contributed by atoms with Gasteiger partial charge in [0.15, 0.2) is 4.77 Å². The average Bonchev–Trinajstić information content (AvgIpc) is 2.90. The van der Waals surface area contributed by atoms with Crippen molar-refractivity contribution in [2.45, 2.75) is 52.7 Å². The van der Waals surface area contributed by atoms with E-state index in [1.165, 1.54) is 6.33 Å². The molecule has 0 radical (unpaired) electrons. The van der Waals surface area contributed by atoms with E-state index >= 15 is 0 Å². The highest BCUT2D eigenvalue weighted by Gasteiger charge is 2.49. The number of nitrogens with one attached hydrogen (secondary N) is 1. The van der Waals surface area contributed by atoms with E-state index in [1.807, 2.05) is 26.8 Å². The monoisotopic (exact) mass is 401 g/mol. The number of hydrogen-bond donors (Lipinski definition) is 2. The van der Waals surface area contributed by atoms with E-state index in [4.69, 9.17) is 35.4 Å². The zero-order valence-electron chi connectivity index (χ0n) is 15.2. The molecule has 0 aliphatic rings. The molecule has 2 N–H and O–H groups in total. The van der Waals surface area contributed by atoms with E-state index in [1.54, 1.807) is 16.8 Å². The SMILES string of the molecule is CC(C)C[C@@](c1ccc(Cl)cc1Cl)([C@H](O)C(C)(C)C)n1nc[nH]c1=S. The number of H-pyrrole nitrogens is 1. The molecule has 1 aromatic heterocycles. The average molecular weight is 402 g/mol. The van der Waals surface area contributed by atoms with Crippen molar-refractivity contribution in [1.82, 2.24) is 14.8 Å². The fourth-order valence-electron chi connectivity index (χ4n) is 3.40. The summed E-state index contributed by atoms with van der Waals surface area (Å²) in [6, 6.07) is 5.33. The third kappa shape index (κ3) is 3.95. The van der Waals surface area contributed by atoms with Gasteiger partial charge in [0.2, 0.25) is 0 Å². The highest BCUT2D eigenvalue weighted by Crippen LogP contribution is 2.45. The molecule has 7 heteroatoms. The molecule has 0 saturated heterocycles. The lowest BCUT2D eigenvalue weighted by Crippen LogP contribution is -2.53. The fourth-order valence-corrected chi connectivity index (χ4v) is 4.24. The largest absolute Gasteiger partial charge is 0.390 e. The molecule has 1 heterocycles. The molecular formula is C18H25Cl2N3OS. The normalized spacial score (nSPS) is 16.0. The van der Waals surface area contributed by atoms with Crippen LogP contribution in [0.4, 0.5) is 0 Å². The third-order valence-electron chi connectivity index (χ3n) is 4.32. The Morgan fingerprint density at radius 2 is 1.92 bits per heavy atom. The minimum atomic E-state index is -0.912. The highest BCUT2D eigenvalue weighted by atomic mass is 35.5. The number of benzene rings is 1. The minimum Gasteiger partial charge on any atom is -0.390 e. The van der Waals surface area contributed by atoms with Gasteiger partial charge in [-0.15, -0.1) is 0 Å². The van der Waals surface area contributed by atoms with Gasteiger partial charge >= 0.3 is 0 Å². The van der Waals surface area contributed by atoms with Crippen molar-refractivity contribution in [1.29, 1.82) is 0 Å². The van der Waals surface area contributed by atoms with Crippen LogP contribution < -0.4 is 0 Å². The van der Waals surface area contributed by atoms with Crippen molar-refractivity contribution in [3.8, 4) is 0 Å². The van der Waals surface area contributed by atoms with Gasteiger partial charge in [0, 0.05) is 15.6 Å². The van der Waals surface area contributed by atoms with E-state index in [9.17, 15) is 5.11 Å². The number of rotatable bonds is 5. The third-order valence-corrected chi connectivity index (χ3v) is 5.16. The lowest BCUT2D eigenvalue weighted by molar-refractivity contribution is -0.0381. The van der Waals surface area contributed by atoms with Gasteiger partial charge in [-0.05, 0) is 42.1 Å². The maximum absolute atomic E-state index is 11.5. The molecule has 0 bridgehead atoms. The van der Waals surface area contributed by atoms with Crippen LogP contribution in [-0.2, 0) is 5.54 Å². The molecule has 0 spiro atoms. The first kappa shape index (κ1) is 20.4. The Morgan fingerprint density at radius 1 is 1.28 bits per heavy atom. The maximum Gasteiger partial charge on any atom is 0.195 e. The van der Waals surface area contributed by atoms with E-state index in [-0.39, 0.29) is 5.92 Å². The molecule has 2 aromatic rings.